The fourth-order valence-electron chi connectivity index (χ4n) is 3.49. The van der Waals surface area contributed by atoms with Gasteiger partial charge in [-0.2, -0.15) is 0 Å². The summed E-state index contributed by atoms with van der Waals surface area (Å²) >= 11 is 0. The van der Waals surface area contributed by atoms with E-state index in [2.05, 4.69) is 38.2 Å². The molecule has 2 nitrogen and oxygen atoms in total. The molecule has 0 aliphatic heterocycles. The van der Waals surface area contributed by atoms with E-state index >= 15 is 0 Å². The zero-order valence-corrected chi connectivity index (χ0v) is 12.4. The molecular weight excluding hydrogens is 208 g/mol. The van der Waals surface area contributed by atoms with Gasteiger partial charge in [0.15, 0.2) is 0 Å². The molecule has 1 N–H and O–H groups in total. The zero-order chi connectivity index (χ0) is 12.7. The van der Waals surface area contributed by atoms with Crippen molar-refractivity contribution in [1.82, 2.24) is 10.2 Å². The summed E-state index contributed by atoms with van der Waals surface area (Å²) in [6, 6.07) is 0.683. The standard InChI is InChI=1S/C15H32N2/c1-5-7-11-14(16-6-2)15(17(3)4)12-9-8-10-13-15/h14,16H,5-13H2,1-4H3. The molecule has 1 saturated carbocycles. The Morgan fingerprint density at radius 1 is 1.12 bits per heavy atom. The first kappa shape index (κ1) is 15.0. The summed E-state index contributed by atoms with van der Waals surface area (Å²) in [5.41, 5.74) is 0.420. The molecule has 0 spiro atoms. The molecule has 1 atom stereocenters. The molecule has 0 heterocycles. The van der Waals surface area contributed by atoms with Gasteiger partial charge in [-0.1, -0.05) is 46.0 Å². The Morgan fingerprint density at radius 3 is 2.24 bits per heavy atom. The van der Waals surface area contributed by atoms with Crippen LogP contribution in [0.1, 0.15) is 65.2 Å². The van der Waals surface area contributed by atoms with E-state index in [1.165, 1.54) is 51.4 Å². The molecule has 17 heavy (non-hydrogen) atoms. The lowest BCUT2D eigenvalue weighted by Gasteiger charge is -2.49. The first-order chi connectivity index (χ1) is 8.17. The van der Waals surface area contributed by atoms with E-state index in [0.717, 1.165) is 6.54 Å². The molecule has 0 aromatic heterocycles. The quantitative estimate of drug-likeness (QED) is 0.733. The average Bonchev–Trinajstić information content (AvgIpc) is 2.35. The number of nitrogens with one attached hydrogen (secondary N) is 1. The minimum Gasteiger partial charge on any atom is -0.312 e. The monoisotopic (exact) mass is 240 g/mol. The van der Waals surface area contributed by atoms with E-state index in [4.69, 9.17) is 0 Å². The molecule has 0 aromatic rings. The molecule has 1 aliphatic rings. The van der Waals surface area contributed by atoms with Crippen molar-refractivity contribution in [2.75, 3.05) is 20.6 Å². The van der Waals surface area contributed by atoms with Crippen LogP contribution in [0.3, 0.4) is 0 Å². The predicted molar refractivity (Wildman–Crippen MR) is 76.5 cm³/mol. The van der Waals surface area contributed by atoms with Crippen LogP contribution in [0, 0.1) is 0 Å². The van der Waals surface area contributed by atoms with Crippen molar-refractivity contribution in [3.05, 3.63) is 0 Å². The van der Waals surface area contributed by atoms with Gasteiger partial charge >= 0.3 is 0 Å². The number of likely N-dealkylation sites (N-methyl/N-ethyl adjacent to an activating group) is 2. The van der Waals surface area contributed by atoms with Crippen LogP contribution in [0.2, 0.25) is 0 Å². The second-order valence-corrected chi connectivity index (χ2v) is 5.81. The number of unbranched alkanes of at least 4 members (excludes halogenated alkanes) is 1. The fourth-order valence-corrected chi connectivity index (χ4v) is 3.49. The summed E-state index contributed by atoms with van der Waals surface area (Å²) < 4.78 is 0. The largest absolute Gasteiger partial charge is 0.312 e. The van der Waals surface area contributed by atoms with Crippen LogP contribution in [-0.2, 0) is 0 Å². The van der Waals surface area contributed by atoms with Crippen LogP contribution < -0.4 is 5.32 Å². The van der Waals surface area contributed by atoms with Gasteiger partial charge in [0.2, 0.25) is 0 Å². The van der Waals surface area contributed by atoms with Gasteiger partial charge < -0.3 is 10.2 Å². The second-order valence-electron chi connectivity index (χ2n) is 5.81. The highest BCUT2D eigenvalue weighted by Crippen LogP contribution is 2.36. The molecule has 102 valence electrons. The van der Waals surface area contributed by atoms with Crippen molar-refractivity contribution in [3.63, 3.8) is 0 Å². The minimum atomic E-state index is 0.420. The maximum absolute atomic E-state index is 3.77. The lowest BCUT2D eigenvalue weighted by molar-refractivity contribution is 0.0532. The highest BCUT2D eigenvalue weighted by Gasteiger charge is 2.40. The number of nitrogens with zero attached hydrogens (tertiary/aromatic N) is 1. The molecule has 0 radical (unpaired) electrons. The van der Waals surface area contributed by atoms with Crippen LogP contribution in [0.5, 0.6) is 0 Å². The van der Waals surface area contributed by atoms with Gasteiger partial charge in [-0.05, 0) is 39.9 Å². The first-order valence-electron chi connectivity index (χ1n) is 7.58. The van der Waals surface area contributed by atoms with Gasteiger partial charge in [-0.25, -0.2) is 0 Å². The third-order valence-electron chi connectivity index (χ3n) is 4.56. The fraction of sp³-hybridized carbons (Fsp3) is 1.00. The number of rotatable bonds is 7. The van der Waals surface area contributed by atoms with E-state index in [1.807, 2.05) is 0 Å². The molecular formula is C15H32N2. The Labute approximate surface area is 108 Å². The first-order valence-corrected chi connectivity index (χ1v) is 7.58. The van der Waals surface area contributed by atoms with Crippen LogP contribution in [0.15, 0.2) is 0 Å². The predicted octanol–water partition coefficient (Wildman–Crippen LogP) is 3.42. The molecule has 2 heteroatoms. The molecule has 1 aliphatic carbocycles. The minimum absolute atomic E-state index is 0.420. The molecule has 0 amide bonds. The molecule has 1 fully saturated rings. The summed E-state index contributed by atoms with van der Waals surface area (Å²) in [6.45, 7) is 5.64. The second kappa shape index (κ2) is 7.38. The van der Waals surface area contributed by atoms with Crippen molar-refractivity contribution in [1.29, 1.82) is 0 Å². The Bertz CT molecular complexity index is 195. The van der Waals surface area contributed by atoms with E-state index in [-0.39, 0.29) is 0 Å². The summed E-state index contributed by atoms with van der Waals surface area (Å²) in [6.07, 6.45) is 11.0. The van der Waals surface area contributed by atoms with Crippen molar-refractivity contribution >= 4 is 0 Å². The van der Waals surface area contributed by atoms with Gasteiger partial charge in [-0.15, -0.1) is 0 Å². The SMILES string of the molecule is CCCCC(NCC)C1(N(C)C)CCCCC1. The lowest BCUT2D eigenvalue weighted by atomic mass is 9.73. The van der Waals surface area contributed by atoms with Crippen molar-refractivity contribution in [2.45, 2.75) is 76.8 Å². The summed E-state index contributed by atoms with van der Waals surface area (Å²) in [5.74, 6) is 0. The van der Waals surface area contributed by atoms with E-state index < -0.39 is 0 Å². The highest BCUT2D eigenvalue weighted by molar-refractivity contribution is 5.00. The average molecular weight is 240 g/mol. The number of hydrogen-bond acceptors (Lipinski definition) is 2. The van der Waals surface area contributed by atoms with Crippen LogP contribution >= 0.6 is 0 Å². The Balaban J connectivity index is 2.75. The van der Waals surface area contributed by atoms with Crippen molar-refractivity contribution in [3.8, 4) is 0 Å². The Kier molecular flexibility index (Phi) is 6.50. The molecule has 0 aromatic carbocycles. The van der Waals surface area contributed by atoms with Gasteiger partial charge in [0.1, 0.15) is 0 Å². The maximum Gasteiger partial charge on any atom is 0.0356 e. The normalized spacial score (nSPS) is 21.7. The summed E-state index contributed by atoms with van der Waals surface area (Å²) in [7, 11) is 4.56. The molecule has 1 unspecified atom stereocenters. The third kappa shape index (κ3) is 3.69. The highest BCUT2D eigenvalue weighted by atomic mass is 15.2. The van der Waals surface area contributed by atoms with Gasteiger partial charge in [0, 0.05) is 11.6 Å². The van der Waals surface area contributed by atoms with Crippen LogP contribution in [0.4, 0.5) is 0 Å². The summed E-state index contributed by atoms with van der Waals surface area (Å²) in [5, 5.41) is 3.77. The Hall–Kier alpha value is -0.0800. The maximum atomic E-state index is 3.77. The Morgan fingerprint density at radius 2 is 1.76 bits per heavy atom. The van der Waals surface area contributed by atoms with Crippen molar-refractivity contribution in [2.24, 2.45) is 0 Å². The molecule has 1 rings (SSSR count). The van der Waals surface area contributed by atoms with Gasteiger partial charge in [0.25, 0.3) is 0 Å². The van der Waals surface area contributed by atoms with Crippen molar-refractivity contribution < 1.29 is 0 Å². The zero-order valence-electron chi connectivity index (χ0n) is 12.4. The number of hydrogen-bond donors (Lipinski definition) is 1. The van der Waals surface area contributed by atoms with Gasteiger partial charge in [0.05, 0.1) is 0 Å². The lowest BCUT2D eigenvalue weighted by Crippen LogP contribution is -2.59. The van der Waals surface area contributed by atoms with E-state index in [9.17, 15) is 0 Å². The smallest absolute Gasteiger partial charge is 0.0356 e. The van der Waals surface area contributed by atoms with Gasteiger partial charge in [-0.3, -0.25) is 0 Å². The molecule has 0 saturated heterocycles. The van der Waals surface area contributed by atoms with E-state index in [1.54, 1.807) is 0 Å². The van der Waals surface area contributed by atoms with Crippen LogP contribution in [0.25, 0.3) is 0 Å². The molecule has 0 bridgehead atoms. The topological polar surface area (TPSA) is 15.3 Å². The summed E-state index contributed by atoms with van der Waals surface area (Å²) in [4.78, 5) is 2.51. The third-order valence-corrected chi connectivity index (χ3v) is 4.56. The van der Waals surface area contributed by atoms with E-state index in [0.29, 0.717) is 11.6 Å². The van der Waals surface area contributed by atoms with Crippen LogP contribution in [-0.4, -0.2) is 37.1 Å².